The molecule has 0 aliphatic carbocycles. The number of nitrogens with zero attached hydrogens (tertiary/aromatic N) is 3. The topological polar surface area (TPSA) is 67.5 Å². The van der Waals surface area contributed by atoms with Crippen molar-refractivity contribution in [2.24, 2.45) is 11.8 Å². The van der Waals surface area contributed by atoms with E-state index in [0.717, 1.165) is 75.1 Å². The molecule has 1 radical (unpaired) electrons. The zero-order valence-corrected chi connectivity index (χ0v) is 29.2. The third kappa shape index (κ3) is 6.03. The number of pyridine rings is 2. The van der Waals surface area contributed by atoms with Crippen molar-refractivity contribution < 1.29 is 30.0 Å². The molecule has 6 heteroatoms. The van der Waals surface area contributed by atoms with E-state index in [1.165, 1.54) is 22.7 Å². The summed E-state index contributed by atoms with van der Waals surface area (Å²) in [7, 11) is 0. The van der Waals surface area contributed by atoms with Crippen LogP contribution in [-0.2, 0) is 24.9 Å². The molecule has 0 aliphatic rings. The van der Waals surface area contributed by atoms with Gasteiger partial charge in [0.25, 0.3) is 0 Å². The van der Waals surface area contributed by atoms with Gasteiger partial charge < -0.3 is 9.51 Å². The monoisotopic (exact) mass is 765 g/mol. The number of benzene rings is 3. The third-order valence-electron chi connectivity index (χ3n) is 9.03. The minimum Gasteiger partial charge on any atom is -0.512 e. The van der Waals surface area contributed by atoms with E-state index >= 15 is 0 Å². The van der Waals surface area contributed by atoms with Gasteiger partial charge >= 0.3 is 0 Å². The third-order valence-corrected chi connectivity index (χ3v) is 9.03. The number of aromatic nitrogens is 3. The van der Waals surface area contributed by atoms with Crippen molar-refractivity contribution >= 4 is 54.9 Å². The predicted molar refractivity (Wildman–Crippen MR) is 180 cm³/mol. The summed E-state index contributed by atoms with van der Waals surface area (Å²) in [6.45, 7) is 14.5. The quantitative estimate of drug-likeness (QED) is 0.0578. The van der Waals surface area contributed by atoms with Gasteiger partial charge in [0.15, 0.2) is 5.78 Å². The van der Waals surface area contributed by atoms with Crippen LogP contribution in [0, 0.1) is 38.7 Å². The molecular formula is C38H42IrN3O2-. The van der Waals surface area contributed by atoms with E-state index in [2.05, 4.69) is 79.8 Å². The molecule has 0 spiro atoms. The van der Waals surface area contributed by atoms with E-state index in [1.807, 2.05) is 33.8 Å². The smallest absolute Gasteiger partial charge is 0.162 e. The van der Waals surface area contributed by atoms with Crippen molar-refractivity contribution in [1.29, 1.82) is 0 Å². The number of carbonyl (C=O) groups excluding carboxylic acids is 1. The fourth-order valence-corrected chi connectivity index (χ4v) is 6.20. The molecule has 3 heterocycles. The van der Waals surface area contributed by atoms with Gasteiger partial charge in [-0.05, 0) is 62.6 Å². The largest absolute Gasteiger partial charge is 0.512 e. The van der Waals surface area contributed by atoms with Crippen LogP contribution in [0.1, 0.15) is 70.3 Å². The van der Waals surface area contributed by atoms with Gasteiger partial charge in [0, 0.05) is 54.6 Å². The molecule has 6 aromatic rings. The van der Waals surface area contributed by atoms with E-state index < -0.39 is 0 Å². The maximum absolute atomic E-state index is 11.7. The van der Waals surface area contributed by atoms with Gasteiger partial charge in [-0.2, -0.15) is 0 Å². The average Bonchev–Trinajstić information content (AvgIpc) is 3.31. The maximum Gasteiger partial charge on any atom is 0.162 e. The van der Waals surface area contributed by atoms with E-state index in [1.54, 1.807) is 0 Å². The standard InChI is InChI=1S/C25H18N3.C13H24O2.Ir/c1-14-19-10-6-4-8-17(19)12-20-23-21(13-18-9-5-7-11-22(18)27-23)25-26-15(2)16(3)28(25)24(14)20;1-5-10(6-2)12(14)9-13(15)11(7-3)8-4;/h4-11,13H,1-3H3;9-11,14H,5-8H2,1-4H3;/q-1;;/b;12-9-;. The molecule has 44 heavy (non-hydrogen) atoms. The summed E-state index contributed by atoms with van der Waals surface area (Å²) >= 11 is 0. The molecule has 0 amide bonds. The number of aryl methyl sites for hydroxylation is 3. The van der Waals surface area contributed by atoms with Gasteiger partial charge in [0.2, 0.25) is 0 Å². The second kappa shape index (κ2) is 14.0. The van der Waals surface area contributed by atoms with Crippen molar-refractivity contribution in [3.8, 4) is 0 Å². The summed E-state index contributed by atoms with van der Waals surface area (Å²) in [5.74, 6) is 0.547. The SMILES string of the molecule is CCC(CC)C(=O)/C=C(\O)C(CC)CC.Cc1nc2c3cc4ccccc4nc3c3[c-]c4ccccc4c(C)c3n2c1C.[Ir]. The summed E-state index contributed by atoms with van der Waals surface area (Å²) in [6.07, 6.45) is 4.91. The number of carbonyl (C=O) groups is 1. The van der Waals surface area contributed by atoms with Crippen molar-refractivity contribution in [3.63, 3.8) is 0 Å². The van der Waals surface area contributed by atoms with Crippen LogP contribution in [0.15, 0.2) is 66.4 Å². The van der Waals surface area contributed by atoms with Crippen molar-refractivity contribution in [1.82, 2.24) is 14.4 Å². The van der Waals surface area contributed by atoms with E-state index in [4.69, 9.17) is 9.97 Å². The van der Waals surface area contributed by atoms with E-state index in [-0.39, 0.29) is 43.5 Å². The Kier molecular flexibility index (Phi) is 10.6. The fraction of sp³-hybridized carbons (Fsp3) is 0.342. The first-order valence-corrected chi connectivity index (χ1v) is 15.6. The summed E-state index contributed by atoms with van der Waals surface area (Å²) < 4.78 is 2.29. The number of allylic oxidation sites excluding steroid dienone is 2. The Morgan fingerprint density at radius 1 is 0.886 bits per heavy atom. The van der Waals surface area contributed by atoms with Crippen LogP contribution >= 0.6 is 0 Å². The van der Waals surface area contributed by atoms with Gasteiger partial charge in [0.1, 0.15) is 5.65 Å². The van der Waals surface area contributed by atoms with Gasteiger partial charge in [-0.1, -0.05) is 87.4 Å². The predicted octanol–water partition coefficient (Wildman–Crippen LogP) is 9.93. The Bertz CT molecular complexity index is 2000. The zero-order valence-electron chi connectivity index (χ0n) is 26.8. The number of rotatable bonds is 7. The van der Waals surface area contributed by atoms with Gasteiger partial charge in [-0.15, -0.1) is 17.5 Å². The van der Waals surface area contributed by atoms with Crippen LogP contribution in [-0.4, -0.2) is 25.3 Å². The second-order valence-corrected chi connectivity index (χ2v) is 11.5. The van der Waals surface area contributed by atoms with E-state index in [9.17, 15) is 9.90 Å². The summed E-state index contributed by atoms with van der Waals surface area (Å²) in [5.41, 5.74) is 7.56. The number of imidazole rings is 1. The number of hydrogen-bond acceptors (Lipinski definition) is 4. The molecule has 3 aromatic heterocycles. The second-order valence-electron chi connectivity index (χ2n) is 11.5. The molecule has 3 aromatic carbocycles. The van der Waals surface area contributed by atoms with Crippen LogP contribution in [0.3, 0.4) is 0 Å². The normalized spacial score (nSPS) is 12.0. The molecular weight excluding hydrogens is 723 g/mol. The number of hydrogen-bond donors (Lipinski definition) is 1. The first kappa shape index (κ1) is 33.3. The number of para-hydroxylation sites is 1. The fourth-order valence-electron chi connectivity index (χ4n) is 6.20. The van der Waals surface area contributed by atoms with Crippen molar-refractivity contribution in [2.45, 2.75) is 74.1 Å². The molecule has 0 aliphatic heterocycles. The van der Waals surface area contributed by atoms with Gasteiger partial charge in [-0.3, -0.25) is 9.78 Å². The minimum atomic E-state index is 0. The Morgan fingerprint density at radius 2 is 1.52 bits per heavy atom. The van der Waals surface area contributed by atoms with Crippen LogP contribution in [0.4, 0.5) is 0 Å². The molecule has 0 saturated heterocycles. The van der Waals surface area contributed by atoms with Gasteiger partial charge in [0.05, 0.1) is 17.0 Å². The van der Waals surface area contributed by atoms with Crippen LogP contribution in [0.2, 0.25) is 0 Å². The number of aliphatic hydroxyl groups is 1. The molecule has 0 fully saturated rings. The number of aliphatic hydroxyl groups excluding tert-OH is 1. The first-order valence-electron chi connectivity index (χ1n) is 15.6. The molecule has 0 bridgehead atoms. The first-order chi connectivity index (χ1) is 20.7. The maximum atomic E-state index is 11.7. The molecule has 6 rings (SSSR count). The Hall–Kier alpha value is -3.60. The van der Waals surface area contributed by atoms with Crippen molar-refractivity contribution in [2.75, 3.05) is 0 Å². The Balaban J connectivity index is 0.000000239. The van der Waals surface area contributed by atoms with Crippen LogP contribution in [0.5, 0.6) is 0 Å². The molecule has 0 unspecified atom stereocenters. The van der Waals surface area contributed by atoms with Crippen LogP contribution in [0.25, 0.3) is 49.1 Å². The van der Waals surface area contributed by atoms with Gasteiger partial charge in [-0.25, -0.2) is 4.98 Å². The van der Waals surface area contributed by atoms with Crippen LogP contribution < -0.4 is 0 Å². The molecule has 231 valence electrons. The summed E-state index contributed by atoms with van der Waals surface area (Å²) in [5, 5.41) is 15.4. The number of fused-ring (bicyclic) bond motifs is 8. The van der Waals surface area contributed by atoms with Crippen molar-refractivity contribution in [3.05, 3.63) is 89.5 Å². The Morgan fingerprint density at radius 3 is 2.20 bits per heavy atom. The molecule has 0 saturated carbocycles. The summed E-state index contributed by atoms with van der Waals surface area (Å²) in [6, 6.07) is 22.6. The van der Waals surface area contributed by atoms with E-state index in [0.29, 0.717) is 0 Å². The molecule has 1 N–H and O–H groups in total. The zero-order chi connectivity index (χ0) is 30.8. The summed E-state index contributed by atoms with van der Waals surface area (Å²) in [4.78, 5) is 21.7. The molecule has 5 nitrogen and oxygen atoms in total. The Labute approximate surface area is 273 Å². The molecule has 0 atom stereocenters. The minimum absolute atomic E-state index is 0. The number of ketones is 1. The average molecular weight is 765 g/mol.